The number of carbonyl (C=O) groups is 1. The van der Waals surface area contributed by atoms with E-state index in [1.54, 1.807) is 0 Å². The molecular formula is C18H32N2OS. The predicted molar refractivity (Wildman–Crippen MR) is 93.9 cm³/mol. The Kier molecular flexibility index (Phi) is 5.72. The van der Waals surface area contributed by atoms with Gasteiger partial charge < -0.3 is 10.6 Å². The molecule has 1 saturated heterocycles. The molecule has 3 unspecified atom stereocenters. The number of fused-ring (bicyclic) bond motifs is 2. The van der Waals surface area contributed by atoms with Crippen LogP contribution in [0.2, 0.25) is 0 Å². The number of carbonyl (C=O) groups excluding carboxylic acids is 1. The van der Waals surface area contributed by atoms with Crippen LogP contribution in [0.25, 0.3) is 0 Å². The van der Waals surface area contributed by atoms with Crippen LogP contribution >= 0.6 is 11.8 Å². The molecule has 126 valence electrons. The summed E-state index contributed by atoms with van der Waals surface area (Å²) < 4.78 is 0. The molecule has 3 rings (SSSR count). The van der Waals surface area contributed by atoms with Gasteiger partial charge >= 0.3 is 0 Å². The first-order chi connectivity index (χ1) is 10.7. The molecule has 0 aromatic rings. The molecule has 1 amide bonds. The third kappa shape index (κ3) is 3.64. The van der Waals surface area contributed by atoms with E-state index < -0.39 is 0 Å². The average molecular weight is 325 g/mol. The van der Waals surface area contributed by atoms with Gasteiger partial charge in [0.1, 0.15) is 0 Å². The first kappa shape index (κ1) is 16.6. The average Bonchev–Trinajstić information content (AvgIpc) is 2.72. The number of nitrogens with two attached hydrogens (primary N) is 1. The SMILES string of the molecule is CCSC1CCCCN(C(=O)C2CC3CCCC(C2)C3N)C1. The van der Waals surface area contributed by atoms with Gasteiger partial charge in [-0.3, -0.25) is 4.79 Å². The summed E-state index contributed by atoms with van der Waals surface area (Å²) in [6.45, 7) is 4.19. The largest absolute Gasteiger partial charge is 0.341 e. The third-order valence-corrected chi connectivity index (χ3v) is 7.29. The van der Waals surface area contributed by atoms with Crippen molar-refractivity contribution in [3.8, 4) is 0 Å². The zero-order chi connectivity index (χ0) is 15.5. The third-order valence-electron chi connectivity index (χ3n) is 6.10. The van der Waals surface area contributed by atoms with Crippen LogP contribution in [-0.2, 0) is 4.79 Å². The number of hydrogen-bond donors (Lipinski definition) is 1. The lowest BCUT2D eigenvalue weighted by Gasteiger charge is -2.44. The lowest BCUT2D eigenvalue weighted by Crippen LogP contribution is -2.50. The van der Waals surface area contributed by atoms with Crippen molar-refractivity contribution in [3.05, 3.63) is 0 Å². The first-order valence-corrected chi connectivity index (χ1v) is 10.4. The van der Waals surface area contributed by atoms with E-state index in [2.05, 4.69) is 11.8 Å². The van der Waals surface area contributed by atoms with Crippen LogP contribution in [0.5, 0.6) is 0 Å². The fraction of sp³-hybridized carbons (Fsp3) is 0.944. The molecule has 3 atom stereocenters. The molecule has 1 aliphatic heterocycles. The summed E-state index contributed by atoms with van der Waals surface area (Å²) in [5.41, 5.74) is 6.38. The fourth-order valence-corrected chi connectivity index (χ4v) is 6.01. The minimum Gasteiger partial charge on any atom is -0.341 e. The van der Waals surface area contributed by atoms with Crippen molar-refractivity contribution >= 4 is 17.7 Å². The number of likely N-dealkylation sites (tertiary alicyclic amines) is 1. The number of thioether (sulfide) groups is 1. The summed E-state index contributed by atoms with van der Waals surface area (Å²) in [6, 6.07) is 0.366. The van der Waals surface area contributed by atoms with Gasteiger partial charge in [-0.15, -0.1) is 0 Å². The van der Waals surface area contributed by atoms with Crippen molar-refractivity contribution in [3.63, 3.8) is 0 Å². The Morgan fingerprint density at radius 3 is 2.55 bits per heavy atom. The molecule has 3 fully saturated rings. The molecule has 0 spiro atoms. The minimum absolute atomic E-state index is 0.264. The van der Waals surface area contributed by atoms with Crippen LogP contribution in [0, 0.1) is 17.8 Å². The zero-order valence-electron chi connectivity index (χ0n) is 14.0. The highest BCUT2D eigenvalue weighted by Gasteiger charge is 2.41. The smallest absolute Gasteiger partial charge is 0.225 e. The van der Waals surface area contributed by atoms with E-state index in [9.17, 15) is 4.79 Å². The van der Waals surface area contributed by atoms with E-state index in [-0.39, 0.29) is 5.92 Å². The molecule has 2 saturated carbocycles. The highest BCUT2D eigenvalue weighted by molar-refractivity contribution is 7.99. The summed E-state index contributed by atoms with van der Waals surface area (Å²) in [4.78, 5) is 15.3. The molecule has 22 heavy (non-hydrogen) atoms. The molecule has 2 aliphatic carbocycles. The van der Waals surface area contributed by atoms with Crippen molar-refractivity contribution in [2.24, 2.45) is 23.5 Å². The molecule has 0 aromatic carbocycles. The van der Waals surface area contributed by atoms with E-state index in [1.807, 2.05) is 11.8 Å². The quantitative estimate of drug-likeness (QED) is 0.866. The zero-order valence-corrected chi connectivity index (χ0v) is 14.8. The van der Waals surface area contributed by atoms with E-state index >= 15 is 0 Å². The van der Waals surface area contributed by atoms with Gasteiger partial charge in [0.25, 0.3) is 0 Å². The second-order valence-electron chi connectivity index (χ2n) is 7.55. The Bertz CT molecular complexity index is 375. The molecule has 0 aromatic heterocycles. The minimum atomic E-state index is 0.264. The van der Waals surface area contributed by atoms with Crippen molar-refractivity contribution in [1.29, 1.82) is 0 Å². The number of nitrogens with zero attached hydrogens (tertiary/aromatic N) is 1. The fourth-order valence-electron chi connectivity index (χ4n) is 4.92. The van der Waals surface area contributed by atoms with Crippen molar-refractivity contribution in [2.45, 2.75) is 69.6 Å². The lowest BCUT2D eigenvalue weighted by molar-refractivity contribution is -0.138. The van der Waals surface area contributed by atoms with Crippen molar-refractivity contribution in [1.82, 2.24) is 4.90 Å². The highest BCUT2D eigenvalue weighted by atomic mass is 32.2. The van der Waals surface area contributed by atoms with Gasteiger partial charge in [0.15, 0.2) is 0 Å². The van der Waals surface area contributed by atoms with Crippen LogP contribution in [0.3, 0.4) is 0 Å². The Morgan fingerprint density at radius 2 is 1.86 bits per heavy atom. The summed E-state index contributed by atoms with van der Waals surface area (Å²) in [6.07, 6.45) is 9.67. The molecule has 1 heterocycles. The molecule has 3 nitrogen and oxygen atoms in total. The Hall–Kier alpha value is -0.220. The maximum atomic E-state index is 13.1. The summed E-state index contributed by atoms with van der Waals surface area (Å²) in [7, 11) is 0. The molecule has 3 aliphatic rings. The van der Waals surface area contributed by atoms with Gasteiger partial charge in [-0.1, -0.05) is 19.8 Å². The van der Waals surface area contributed by atoms with E-state index in [1.165, 1.54) is 38.5 Å². The van der Waals surface area contributed by atoms with Gasteiger partial charge in [0.05, 0.1) is 0 Å². The molecule has 2 bridgehead atoms. The first-order valence-electron chi connectivity index (χ1n) is 9.35. The van der Waals surface area contributed by atoms with Gasteiger partial charge in [0.2, 0.25) is 5.91 Å². The van der Waals surface area contributed by atoms with Crippen LogP contribution in [0.4, 0.5) is 0 Å². The number of hydrogen-bond acceptors (Lipinski definition) is 3. The maximum Gasteiger partial charge on any atom is 0.225 e. The molecule has 2 N–H and O–H groups in total. The summed E-state index contributed by atoms with van der Waals surface area (Å²) in [5.74, 6) is 3.09. The van der Waals surface area contributed by atoms with Gasteiger partial charge in [0, 0.05) is 30.3 Å². The Morgan fingerprint density at radius 1 is 1.14 bits per heavy atom. The monoisotopic (exact) mass is 324 g/mol. The second-order valence-corrected chi connectivity index (χ2v) is 9.13. The molecule has 0 radical (unpaired) electrons. The molecular weight excluding hydrogens is 292 g/mol. The Labute approximate surface area is 139 Å². The van der Waals surface area contributed by atoms with Crippen LogP contribution in [-0.4, -0.2) is 40.9 Å². The van der Waals surface area contributed by atoms with Gasteiger partial charge in [-0.2, -0.15) is 11.8 Å². The number of rotatable bonds is 3. The van der Waals surface area contributed by atoms with Crippen LogP contribution < -0.4 is 5.73 Å². The maximum absolute atomic E-state index is 13.1. The summed E-state index contributed by atoms with van der Waals surface area (Å²) in [5, 5.41) is 0.654. The van der Waals surface area contributed by atoms with Crippen LogP contribution in [0.1, 0.15) is 58.3 Å². The van der Waals surface area contributed by atoms with E-state index in [0.29, 0.717) is 29.0 Å². The Balaban J connectivity index is 1.62. The highest BCUT2D eigenvalue weighted by Crippen LogP contribution is 2.42. The normalized spacial score (nSPS) is 39.4. The van der Waals surface area contributed by atoms with Crippen LogP contribution in [0.15, 0.2) is 0 Å². The number of amides is 1. The summed E-state index contributed by atoms with van der Waals surface area (Å²) >= 11 is 2.04. The van der Waals surface area contributed by atoms with Crippen molar-refractivity contribution < 1.29 is 4.79 Å². The second kappa shape index (κ2) is 7.57. The van der Waals surface area contributed by atoms with Gasteiger partial charge in [-0.05, 0) is 56.1 Å². The standard InChI is InChI=1S/C18H32N2OS/c1-2-22-16-8-3-4-9-20(12-16)18(21)15-10-13-6-5-7-14(11-15)17(13)19/h13-17H,2-12,19H2,1H3. The van der Waals surface area contributed by atoms with E-state index in [4.69, 9.17) is 5.73 Å². The van der Waals surface area contributed by atoms with Crippen molar-refractivity contribution in [2.75, 3.05) is 18.8 Å². The van der Waals surface area contributed by atoms with Gasteiger partial charge in [-0.25, -0.2) is 0 Å². The topological polar surface area (TPSA) is 46.3 Å². The predicted octanol–water partition coefficient (Wildman–Crippen LogP) is 3.27. The van der Waals surface area contributed by atoms with E-state index in [0.717, 1.165) is 31.7 Å². The lowest BCUT2D eigenvalue weighted by atomic mass is 9.65. The molecule has 4 heteroatoms.